The predicted octanol–water partition coefficient (Wildman–Crippen LogP) is 2.92. The van der Waals surface area contributed by atoms with Gasteiger partial charge in [0.2, 0.25) is 11.9 Å². The summed E-state index contributed by atoms with van der Waals surface area (Å²) in [5.41, 5.74) is 1.43. The summed E-state index contributed by atoms with van der Waals surface area (Å²) in [4.78, 5) is 22.7. The molecule has 6 nitrogen and oxygen atoms in total. The molecule has 1 aliphatic rings. The maximum absolute atomic E-state index is 11.4. The molecule has 0 amide bonds. The molecule has 0 aromatic heterocycles. The van der Waals surface area contributed by atoms with Gasteiger partial charge < -0.3 is 30.8 Å². The third-order valence-electron chi connectivity index (χ3n) is 2.52. The van der Waals surface area contributed by atoms with Crippen LogP contribution < -0.4 is 0 Å². The van der Waals surface area contributed by atoms with Gasteiger partial charge in [-0.25, -0.2) is 0 Å². The summed E-state index contributed by atoms with van der Waals surface area (Å²) in [6.45, 7) is 11.0. The second-order valence-corrected chi connectivity index (χ2v) is 6.04. The normalized spacial score (nSPS) is 15.9. The van der Waals surface area contributed by atoms with Crippen LogP contribution in [0.3, 0.4) is 0 Å². The number of hydrogen-bond donors (Lipinski definition) is 2. The Morgan fingerprint density at radius 1 is 0.852 bits per heavy atom. The van der Waals surface area contributed by atoms with Gasteiger partial charge >= 0.3 is 21.7 Å². The van der Waals surface area contributed by atoms with Crippen molar-refractivity contribution in [3.8, 4) is 0 Å². The van der Waals surface area contributed by atoms with Gasteiger partial charge in [0.05, 0.1) is 13.2 Å². The molecule has 1 aliphatic carbocycles. The summed E-state index contributed by atoms with van der Waals surface area (Å²) in [5, 5.41) is 16.1. The van der Waals surface area contributed by atoms with Crippen molar-refractivity contribution in [1.29, 1.82) is 0 Å². The third-order valence-corrected chi connectivity index (χ3v) is 2.52. The standard InChI is InChI=1S/C14H18O4.2C3H8O.Ti/c1-3-17-13(15)9-11-7-5-6-8-12(11)10-14(16)18-4-2;2*1-3(2)4;/h3-8H2,1-2H3;2*3-4H,1-2H3;/q-2;;;+2. The summed E-state index contributed by atoms with van der Waals surface area (Å²) in [6.07, 6.45) is 8.41. The van der Waals surface area contributed by atoms with E-state index in [9.17, 15) is 9.59 Å². The van der Waals surface area contributed by atoms with Crippen LogP contribution in [-0.2, 0) is 40.8 Å². The second-order valence-electron chi connectivity index (χ2n) is 6.04. The van der Waals surface area contributed by atoms with Crippen molar-refractivity contribution in [3.63, 3.8) is 0 Å². The Kier molecular flexibility index (Phi) is 22.6. The first-order valence-electron chi connectivity index (χ1n) is 9.09. The van der Waals surface area contributed by atoms with Crippen LogP contribution in [0.1, 0.15) is 67.2 Å². The Hall–Kier alpha value is -0.946. The molecule has 1 saturated carbocycles. The molecule has 0 atom stereocenters. The molecule has 1 fully saturated rings. The monoisotopic (exact) mass is 418 g/mol. The molecule has 0 aromatic carbocycles. The van der Waals surface area contributed by atoms with Crippen molar-refractivity contribution < 1.29 is 51.0 Å². The van der Waals surface area contributed by atoms with Gasteiger partial charge in [-0.1, -0.05) is 12.8 Å². The minimum absolute atomic E-state index is 0. The van der Waals surface area contributed by atoms with Gasteiger partial charge in [-0.2, -0.15) is 0 Å². The number of aliphatic hydroxyl groups is 2. The van der Waals surface area contributed by atoms with E-state index in [1.165, 1.54) is 0 Å². The van der Waals surface area contributed by atoms with Crippen LogP contribution in [-0.4, -0.2) is 47.6 Å². The first-order valence-corrected chi connectivity index (χ1v) is 9.09. The zero-order valence-corrected chi connectivity index (χ0v) is 19.0. The van der Waals surface area contributed by atoms with Crippen molar-refractivity contribution in [2.75, 3.05) is 13.2 Å². The molecule has 0 saturated heterocycles. The van der Waals surface area contributed by atoms with Gasteiger partial charge in [0.25, 0.3) is 0 Å². The van der Waals surface area contributed by atoms with Gasteiger partial charge in [-0.3, -0.25) is 21.7 Å². The molecule has 0 bridgehead atoms. The van der Waals surface area contributed by atoms with Gasteiger partial charge in [0.15, 0.2) is 0 Å². The number of carbonyl (C=O) groups is 2. The zero-order valence-electron chi connectivity index (χ0n) is 17.4. The van der Waals surface area contributed by atoms with E-state index in [1.807, 2.05) is 0 Å². The smallest absolute Gasteiger partial charge is 0.478 e. The number of aliphatic hydroxyl groups excluding tert-OH is 2. The molecule has 0 unspecified atom stereocenters. The number of esters is 2. The van der Waals surface area contributed by atoms with E-state index in [4.69, 9.17) is 19.7 Å². The summed E-state index contributed by atoms with van der Waals surface area (Å²) < 4.78 is 9.63. The fourth-order valence-electron chi connectivity index (χ4n) is 1.76. The summed E-state index contributed by atoms with van der Waals surface area (Å²) in [6, 6.07) is 0. The Morgan fingerprint density at radius 2 is 1.11 bits per heavy atom. The number of allylic oxidation sites excluding steroid dienone is 2. The molecule has 154 valence electrons. The molecule has 0 aliphatic heterocycles. The van der Waals surface area contributed by atoms with Gasteiger partial charge in [-0.05, 0) is 41.5 Å². The Labute approximate surface area is 178 Å². The van der Waals surface area contributed by atoms with Crippen molar-refractivity contribution in [1.82, 2.24) is 0 Å². The minimum Gasteiger partial charge on any atom is -0.478 e. The molecule has 7 heteroatoms. The Bertz CT molecular complexity index is 408. The maximum atomic E-state index is 11.4. The van der Waals surface area contributed by atoms with Gasteiger partial charge in [0.1, 0.15) is 0 Å². The van der Waals surface area contributed by atoms with E-state index in [1.54, 1.807) is 41.5 Å². The van der Waals surface area contributed by atoms with E-state index in [0.717, 1.165) is 25.7 Å². The van der Waals surface area contributed by atoms with E-state index in [2.05, 4.69) is 12.2 Å². The molecule has 27 heavy (non-hydrogen) atoms. The average molecular weight is 418 g/mol. The Balaban J connectivity index is -0.000000543. The topological polar surface area (TPSA) is 93.1 Å². The first-order chi connectivity index (χ1) is 12.1. The van der Waals surface area contributed by atoms with E-state index >= 15 is 0 Å². The Morgan fingerprint density at radius 3 is 1.33 bits per heavy atom. The fraction of sp³-hybridized carbons (Fsp3) is 0.700. The van der Waals surface area contributed by atoms with Gasteiger partial charge in [-0.15, -0.1) is 12.8 Å². The molecular formula is C20H34O6Ti. The molecule has 0 radical (unpaired) electrons. The molecular weight excluding hydrogens is 384 g/mol. The van der Waals surface area contributed by atoms with Crippen LogP contribution >= 0.6 is 0 Å². The average Bonchev–Trinajstić information content (AvgIpc) is 2.48. The van der Waals surface area contributed by atoms with E-state index in [-0.39, 0.29) is 33.9 Å². The van der Waals surface area contributed by atoms with Crippen molar-refractivity contribution in [3.05, 3.63) is 23.3 Å². The zero-order chi connectivity index (χ0) is 20.5. The largest absolute Gasteiger partial charge is 2.00 e. The van der Waals surface area contributed by atoms with E-state index in [0.29, 0.717) is 24.4 Å². The molecule has 0 heterocycles. The SMILES string of the molecule is CC(C)O.CC(C)O.CCOC(=O)[C-]=C1CCCCC1=[C-]C(=O)OCC.[Ti+2]. The number of carbonyl (C=O) groups excluding carboxylic acids is 2. The van der Waals surface area contributed by atoms with Crippen LogP contribution in [0.5, 0.6) is 0 Å². The van der Waals surface area contributed by atoms with Crippen molar-refractivity contribution in [2.24, 2.45) is 0 Å². The predicted molar refractivity (Wildman–Crippen MR) is 100.0 cm³/mol. The molecule has 2 N–H and O–H groups in total. The van der Waals surface area contributed by atoms with Crippen molar-refractivity contribution >= 4 is 11.9 Å². The molecule has 0 aromatic rings. The van der Waals surface area contributed by atoms with Crippen LogP contribution in [0.15, 0.2) is 11.1 Å². The van der Waals surface area contributed by atoms with Crippen LogP contribution in [0.25, 0.3) is 0 Å². The second kappa shape index (κ2) is 19.8. The fourth-order valence-corrected chi connectivity index (χ4v) is 1.76. The first kappa shape index (κ1) is 30.8. The minimum atomic E-state index is -0.488. The quantitative estimate of drug-likeness (QED) is 0.316. The van der Waals surface area contributed by atoms with Crippen LogP contribution in [0, 0.1) is 12.2 Å². The summed E-state index contributed by atoms with van der Waals surface area (Å²) in [7, 11) is 0. The number of rotatable bonds is 4. The summed E-state index contributed by atoms with van der Waals surface area (Å²) in [5.74, 6) is -0.977. The number of hydrogen-bond acceptors (Lipinski definition) is 6. The van der Waals surface area contributed by atoms with Crippen LogP contribution in [0.2, 0.25) is 0 Å². The van der Waals surface area contributed by atoms with Crippen LogP contribution in [0.4, 0.5) is 0 Å². The molecule has 0 spiro atoms. The molecule has 1 rings (SSSR count). The van der Waals surface area contributed by atoms with Gasteiger partial charge in [0, 0.05) is 12.2 Å². The number of ether oxygens (including phenoxy) is 2. The third kappa shape index (κ3) is 23.0. The van der Waals surface area contributed by atoms with Crippen molar-refractivity contribution in [2.45, 2.75) is 79.4 Å². The van der Waals surface area contributed by atoms with E-state index < -0.39 is 11.9 Å². The maximum Gasteiger partial charge on any atom is 2.00 e. The summed E-state index contributed by atoms with van der Waals surface area (Å²) >= 11 is 0.